The summed E-state index contributed by atoms with van der Waals surface area (Å²) in [5, 5.41) is 9.23. The molecule has 3 N–H and O–H groups in total. The number of carboxylic acids is 1. The van der Waals surface area contributed by atoms with Crippen molar-refractivity contribution >= 4 is 34.5 Å². The number of unbranched alkanes of at least 4 members (excludes halogenated alkanes) is 1. The zero-order valence-electron chi connectivity index (χ0n) is 10.6. The van der Waals surface area contributed by atoms with E-state index in [4.69, 9.17) is 10.5 Å². The first-order valence-electron chi connectivity index (χ1n) is 5.94. The minimum Gasteiger partial charge on any atom is -0.478 e. The van der Waals surface area contributed by atoms with E-state index in [1.165, 1.54) is 0 Å². The van der Waals surface area contributed by atoms with Gasteiger partial charge in [0.05, 0.1) is 17.7 Å². The number of benzene rings is 1. The zero-order valence-corrected chi connectivity index (χ0v) is 12.8. The third kappa shape index (κ3) is 3.90. The van der Waals surface area contributed by atoms with Crippen LogP contribution in [-0.4, -0.2) is 23.7 Å². The number of carbonyl (C=O) groups is 2. The first-order valence-corrected chi connectivity index (χ1v) is 7.02. The van der Waals surface area contributed by atoms with Gasteiger partial charge in [0, 0.05) is 10.1 Å². The summed E-state index contributed by atoms with van der Waals surface area (Å²) >= 11 is 1.88. The second-order valence-electron chi connectivity index (χ2n) is 3.96. The molecular weight excluding hydrogens is 361 g/mol. The van der Waals surface area contributed by atoms with Gasteiger partial charge in [-0.1, -0.05) is 19.4 Å². The largest absolute Gasteiger partial charge is 0.478 e. The predicted octanol–water partition coefficient (Wildman–Crippen LogP) is 2.41. The summed E-state index contributed by atoms with van der Waals surface area (Å²) in [4.78, 5) is 23.3. The van der Waals surface area contributed by atoms with Crippen molar-refractivity contribution in [3.8, 4) is 0 Å². The standard InChI is InChI=1S/C13H16INO4/c1-2-3-6-19-13(18)10-8(7-15)4-5-9(14)11(10)12(16)17/h4-5H,2-3,6-7,15H2,1H3,(H,16,17). The molecule has 6 heteroatoms. The molecule has 0 saturated heterocycles. The van der Waals surface area contributed by atoms with E-state index >= 15 is 0 Å². The van der Waals surface area contributed by atoms with Gasteiger partial charge in [0.15, 0.2) is 0 Å². The SMILES string of the molecule is CCCCOC(=O)c1c(CN)ccc(I)c1C(=O)O. The average molecular weight is 377 g/mol. The number of carbonyl (C=O) groups excluding carboxylic acids is 1. The van der Waals surface area contributed by atoms with Crippen LogP contribution in [0.25, 0.3) is 0 Å². The number of hydrogen-bond acceptors (Lipinski definition) is 4. The molecule has 0 saturated carbocycles. The van der Waals surface area contributed by atoms with Crippen LogP contribution in [0.1, 0.15) is 46.0 Å². The van der Waals surface area contributed by atoms with Gasteiger partial charge in [0.2, 0.25) is 0 Å². The molecule has 0 aliphatic carbocycles. The van der Waals surface area contributed by atoms with Gasteiger partial charge in [-0.25, -0.2) is 9.59 Å². The summed E-state index contributed by atoms with van der Waals surface area (Å²) in [5.41, 5.74) is 6.08. The molecule has 1 aromatic carbocycles. The molecule has 0 radical (unpaired) electrons. The minimum atomic E-state index is -1.15. The molecule has 0 atom stereocenters. The topological polar surface area (TPSA) is 89.6 Å². The van der Waals surface area contributed by atoms with E-state index in [-0.39, 0.29) is 24.3 Å². The van der Waals surface area contributed by atoms with Gasteiger partial charge in [-0.05, 0) is 40.6 Å². The van der Waals surface area contributed by atoms with Crippen LogP contribution in [0, 0.1) is 3.57 Å². The molecular formula is C13H16INO4. The van der Waals surface area contributed by atoms with E-state index in [0.29, 0.717) is 9.13 Å². The Morgan fingerprint density at radius 1 is 1.37 bits per heavy atom. The summed E-state index contributed by atoms with van der Waals surface area (Å²) in [6, 6.07) is 3.29. The fraction of sp³-hybridized carbons (Fsp3) is 0.385. The third-order valence-corrected chi connectivity index (χ3v) is 3.51. The van der Waals surface area contributed by atoms with Crippen LogP contribution < -0.4 is 5.73 Å². The Morgan fingerprint density at radius 2 is 2.05 bits per heavy atom. The van der Waals surface area contributed by atoms with Crippen LogP contribution in [0.15, 0.2) is 12.1 Å². The average Bonchev–Trinajstić information content (AvgIpc) is 2.38. The monoisotopic (exact) mass is 377 g/mol. The molecule has 0 aliphatic rings. The number of esters is 1. The van der Waals surface area contributed by atoms with Gasteiger partial charge in [-0.15, -0.1) is 0 Å². The molecule has 0 heterocycles. The van der Waals surface area contributed by atoms with Crippen molar-refractivity contribution in [1.82, 2.24) is 0 Å². The van der Waals surface area contributed by atoms with Crippen LogP contribution in [-0.2, 0) is 11.3 Å². The van der Waals surface area contributed by atoms with Crippen molar-refractivity contribution in [2.24, 2.45) is 5.73 Å². The number of ether oxygens (including phenoxy) is 1. The minimum absolute atomic E-state index is 0.0370. The summed E-state index contributed by atoms with van der Waals surface area (Å²) in [6.07, 6.45) is 1.64. The molecule has 5 nitrogen and oxygen atoms in total. The number of halogens is 1. The second kappa shape index (κ2) is 7.44. The first-order chi connectivity index (χ1) is 9.02. The molecule has 0 amide bonds. The molecule has 104 valence electrons. The molecule has 0 bridgehead atoms. The quantitative estimate of drug-likeness (QED) is 0.452. The van der Waals surface area contributed by atoms with Gasteiger partial charge in [-0.2, -0.15) is 0 Å². The Hall–Kier alpha value is -1.15. The highest BCUT2D eigenvalue weighted by Crippen LogP contribution is 2.22. The molecule has 0 aliphatic heterocycles. The van der Waals surface area contributed by atoms with Crippen molar-refractivity contribution < 1.29 is 19.4 Å². The maximum Gasteiger partial charge on any atom is 0.339 e. The molecule has 19 heavy (non-hydrogen) atoms. The highest BCUT2D eigenvalue weighted by atomic mass is 127. The lowest BCUT2D eigenvalue weighted by Gasteiger charge is -2.12. The molecule has 1 rings (SSSR count). The maximum atomic E-state index is 12.0. The molecule has 0 unspecified atom stereocenters. The Kier molecular flexibility index (Phi) is 6.23. The second-order valence-corrected chi connectivity index (χ2v) is 5.12. The lowest BCUT2D eigenvalue weighted by Crippen LogP contribution is -2.18. The van der Waals surface area contributed by atoms with Crippen LogP contribution in [0.2, 0.25) is 0 Å². The lowest BCUT2D eigenvalue weighted by atomic mass is 10.0. The third-order valence-electron chi connectivity index (χ3n) is 2.61. The number of aromatic carboxylic acids is 1. The van der Waals surface area contributed by atoms with Crippen LogP contribution >= 0.6 is 22.6 Å². The Labute approximate surface area is 125 Å². The molecule has 0 spiro atoms. The number of nitrogens with two attached hydrogens (primary N) is 1. The van der Waals surface area contributed by atoms with Crippen LogP contribution in [0.5, 0.6) is 0 Å². The Balaban J connectivity index is 3.18. The fourth-order valence-electron chi connectivity index (χ4n) is 1.61. The maximum absolute atomic E-state index is 12.0. The molecule has 0 fully saturated rings. The van der Waals surface area contributed by atoms with Crippen LogP contribution in [0.4, 0.5) is 0 Å². The predicted molar refractivity (Wildman–Crippen MR) is 79.2 cm³/mol. The van der Waals surface area contributed by atoms with E-state index in [2.05, 4.69) is 0 Å². The number of hydrogen-bond donors (Lipinski definition) is 2. The van der Waals surface area contributed by atoms with Crippen LogP contribution in [0.3, 0.4) is 0 Å². The zero-order chi connectivity index (χ0) is 14.4. The first kappa shape index (κ1) is 15.9. The van der Waals surface area contributed by atoms with Gasteiger partial charge < -0.3 is 15.6 Å². The van der Waals surface area contributed by atoms with Gasteiger partial charge in [-0.3, -0.25) is 0 Å². The Bertz CT molecular complexity index is 488. The van der Waals surface area contributed by atoms with E-state index in [1.807, 2.05) is 29.5 Å². The van der Waals surface area contributed by atoms with Crippen molar-refractivity contribution in [2.45, 2.75) is 26.3 Å². The summed E-state index contributed by atoms with van der Waals surface area (Å²) in [6.45, 7) is 2.35. The van der Waals surface area contributed by atoms with Crippen molar-refractivity contribution in [3.63, 3.8) is 0 Å². The van der Waals surface area contributed by atoms with Crippen molar-refractivity contribution in [3.05, 3.63) is 32.4 Å². The summed E-state index contributed by atoms with van der Waals surface area (Å²) in [5.74, 6) is -1.77. The highest BCUT2D eigenvalue weighted by molar-refractivity contribution is 14.1. The van der Waals surface area contributed by atoms with Gasteiger partial charge >= 0.3 is 11.9 Å². The van der Waals surface area contributed by atoms with Crippen molar-refractivity contribution in [1.29, 1.82) is 0 Å². The van der Waals surface area contributed by atoms with E-state index in [9.17, 15) is 14.7 Å². The lowest BCUT2D eigenvalue weighted by molar-refractivity contribution is 0.0487. The highest BCUT2D eigenvalue weighted by Gasteiger charge is 2.24. The number of carboxylic acid groups (broad SMARTS) is 1. The fourth-order valence-corrected chi connectivity index (χ4v) is 2.29. The van der Waals surface area contributed by atoms with Gasteiger partial charge in [0.25, 0.3) is 0 Å². The Morgan fingerprint density at radius 3 is 2.58 bits per heavy atom. The van der Waals surface area contributed by atoms with E-state index in [1.54, 1.807) is 12.1 Å². The van der Waals surface area contributed by atoms with Gasteiger partial charge in [0.1, 0.15) is 0 Å². The molecule has 1 aromatic rings. The smallest absolute Gasteiger partial charge is 0.339 e. The molecule has 0 aromatic heterocycles. The van der Waals surface area contributed by atoms with Crippen molar-refractivity contribution in [2.75, 3.05) is 6.61 Å². The number of rotatable bonds is 6. The summed E-state index contributed by atoms with van der Waals surface area (Å²) in [7, 11) is 0. The summed E-state index contributed by atoms with van der Waals surface area (Å²) < 4.78 is 5.59. The van der Waals surface area contributed by atoms with E-state index < -0.39 is 11.9 Å². The van der Waals surface area contributed by atoms with E-state index in [0.717, 1.165) is 12.8 Å². The normalized spacial score (nSPS) is 10.3.